The van der Waals surface area contributed by atoms with Gasteiger partial charge in [-0.2, -0.15) is 10.4 Å². The van der Waals surface area contributed by atoms with Gasteiger partial charge in [0.05, 0.1) is 51.8 Å². The van der Waals surface area contributed by atoms with Crippen molar-refractivity contribution >= 4 is 45.3 Å². The fourth-order valence-corrected chi connectivity index (χ4v) is 9.23. The molecule has 0 spiro atoms. The molecule has 0 bridgehead atoms. The van der Waals surface area contributed by atoms with E-state index >= 15 is 13.2 Å². The molecule has 1 saturated carbocycles. The van der Waals surface area contributed by atoms with Crippen LogP contribution in [0, 0.1) is 23.1 Å². The van der Waals surface area contributed by atoms with Crippen molar-refractivity contribution < 1.29 is 32.7 Å². The number of nitrogens with one attached hydrogen (secondary N) is 2. The Morgan fingerprint density at radius 1 is 1.08 bits per heavy atom. The fraction of sp³-hybridized carbons (Fsp3) is 0.452. The number of amides is 3. The number of hydrogen-bond donors (Lipinski definition) is 3. The van der Waals surface area contributed by atoms with Gasteiger partial charge in [0.1, 0.15) is 17.9 Å². The number of aliphatic hydroxyl groups is 1. The Bertz CT molecular complexity index is 2610. The fourth-order valence-electron chi connectivity index (χ4n) is 9.23. The maximum absolute atomic E-state index is 16.2. The summed E-state index contributed by atoms with van der Waals surface area (Å²) in [6.45, 7) is 3.43. The molecule has 0 radical (unpaired) electrons. The Labute approximate surface area is 336 Å². The smallest absolute Gasteiger partial charge is 0.329 e. The lowest BCUT2D eigenvalue weighted by Gasteiger charge is -2.41. The molecule has 2 aliphatic heterocycles. The summed E-state index contributed by atoms with van der Waals surface area (Å²) in [5, 5.41) is 30.9. The highest BCUT2D eigenvalue weighted by molar-refractivity contribution is 6.06. The third-order valence-electron chi connectivity index (χ3n) is 12.2. The molecule has 8 rings (SSSR count). The normalized spacial score (nSPS) is 22.7. The van der Waals surface area contributed by atoms with E-state index in [1.165, 1.54) is 36.1 Å². The summed E-state index contributed by atoms with van der Waals surface area (Å²) in [5.74, 6) is -7.09. The van der Waals surface area contributed by atoms with Crippen LogP contribution in [0.5, 0.6) is 0 Å². The first kappa shape index (κ1) is 39.9. The summed E-state index contributed by atoms with van der Waals surface area (Å²) in [7, 11) is 1.38. The van der Waals surface area contributed by atoms with Crippen molar-refractivity contribution in [2.45, 2.75) is 88.3 Å². The van der Waals surface area contributed by atoms with Crippen LogP contribution in [0.4, 0.5) is 18.9 Å². The highest BCUT2D eigenvalue weighted by atomic mass is 19.3. The second-order valence-corrected chi connectivity index (χ2v) is 16.7. The standard InChI is InChI=1S/C42H44F3N9O5/c1-41(2,59)29-16-31-26(15-32(29)48-38(56)25-14-24(17-46)18-47-19-25)21-53(50-31)27-6-4-23(5-7-27)20-52-13-12-28(42(44,45)22-52)36-30(43)8-9-33-37(36)51(3)40(58)54(33)34-10-11-35(55)49-39(34)57/h8-9,14-16,18-19,21,23,27-28,34,59H,4-7,10-13,20,22H2,1-3H3,(H,48,56)(H,49,55,57)/t23?,27?,28-,34?/m0/s1. The van der Waals surface area contributed by atoms with Gasteiger partial charge >= 0.3 is 5.69 Å². The average molecular weight is 812 g/mol. The summed E-state index contributed by atoms with van der Waals surface area (Å²) in [6.07, 6.45) is 7.77. The number of aryl methyl sites for hydroxylation is 1. The number of likely N-dealkylation sites (tertiary alicyclic amines) is 1. The predicted molar refractivity (Wildman–Crippen MR) is 210 cm³/mol. The highest BCUT2D eigenvalue weighted by Crippen LogP contribution is 2.45. The minimum absolute atomic E-state index is 0.0149. The first-order valence-corrected chi connectivity index (χ1v) is 19.8. The maximum atomic E-state index is 16.2. The molecule has 3 aliphatic rings. The monoisotopic (exact) mass is 811 g/mol. The molecule has 59 heavy (non-hydrogen) atoms. The summed E-state index contributed by atoms with van der Waals surface area (Å²) in [6, 6.07) is 8.36. The van der Waals surface area contributed by atoms with E-state index in [9.17, 15) is 29.5 Å². The Morgan fingerprint density at radius 2 is 1.85 bits per heavy atom. The number of nitriles is 1. The zero-order valence-electron chi connectivity index (χ0n) is 32.8. The molecule has 5 heterocycles. The van der Waals surface area contributed by atoms with Crippen molar-refractivity contribution in [3.05, 3.63) is 87.5 Å². The number of fused-ring (bicyclic) bond motifs is 2. The molecule has 1 aliphatic carbocycles. The molecule has 17 heteroatoms. The quantitative estimate of drug-likeness (QED) is 0.173. The van der Waals surface area contributed by atoms with Crippen LogP contribution in [0.3, 0.4) is 0 Å². The van der Waals surface area contributed by atoms with Crippen LogP contribution in [0.15, 0.2) is 53.7 Å². The molecule has 2 aromatic carbocycles. The number of halogens is 3. The average Bonchev–Trinajstić information content (AvgIpc) is 3.72. The van der Waals surface area contributed by atoms with E-state index in [1.807, 2.05) is 16.9 Å². The molecule has 14 nitrogen and oxygen atoms in total. The molecule has 5 aromatic rings. The SMILES string of the molecule is Cn1c(=O)n(C2CCC(=O)NC2=O)c2ccc(F)c([C@@H]3CCN(CC4CCC(n5cc6cc(NC(=O)c7cncc(C#N)c7)c(C(C)(C)O)cc6n5)CC4)CC3(F)F)c21. The number of alkyl halides is 2. The molecular weight excluding hydrogens is 768 g/mol. The maximum Gasteiger partial charge on any atom is 0.329 e. The Balaban J connectivity index is 0.940. The zero-order valence-corrected chi connectivity index (χ0v) is 32.8. The van der Waals surface area contributed by atoms with Gasteiger partial charge in [0.25, 0.3) is 11.8 Å². The number of imidazole rings is 1. The first-order chi connectivity index (χ1) is 28.0. The van der Waals surface area contributed by atoms with Crippen molar-refractivity contribution in [3.63, 3.8) is 0 Å². The van der Waals surface area contributed by atoms with Crippen molar-refractivity contribution in [1.29, 1.82) is 5.26 Å². The molecule has 308 valence electrons. The number of anilines is 1. The van der Waals surface area contributed by atoms with Crippen LogP contribution < -0.4 is 16.3 Å². The Morgan fingerprint density at radius 3 is 2.54 bits per heavy atom. The summed E-state index contributed by atoms with van der Waals surface area (Å²) < 4.78 is 52.2. The van der Waals surface area contributed by atoms with Gasteiger partial charge in [0, 0.05) is 60.8 Å². The molecule has 3 amide bonds. The molecule has 2 atom stereocenters. The van der Waals surface area contributed by atoms with Gasteiger partial charge in [0.15, 0.2) is 0 Å². The minimum Gasteiger partial charge on any atom is -0.386 e. The Kier molecular flexibility index (Phi) is 10.2. The van der Waals surface area contributed by atoms with E-state index in [-0.39, 0.29) is 58.9 Å². The van der Waals surface area contributed by atoms with Gasteiger partial charge in [0.2, 0.25) is 11.8 Å². The second kappa shape index (κ2) is 15.1. The molecular formula is C42H44F3N9O5. The lowest BCUT2D eigenvalue weighted by atomic mass is 9.82. The van der Waals surface area contributed by atoms with Crippen LogP contribution in [-0.4, -0.2) is 77.2 Å². The van der Waals surface area contributed by atoms with E-state index in [0.717, 1.165) is 41.7 Å². The number of imide groups is 1. The summed E-state index contributed by atoms with van der Waals surface area (Å²) in [5.41, 5.74) is -0.0622. The summed E-state index contributed by atoms with van der Waals surface area (Å²) in [4.78, 5) is 56.7. The van der Waals surface area contributed by atoms with E-state index in [4.69, 9.17) is 5.10 Å². The molecule has 2 saturated heterocycles. The van der Waals surface area contributed by atoms with Crippen molar-refractivity contribution in [3.8, 4) is 6.07 Å². The number of hydrogen-bond acceptors (Lipinski definition) is 9. The van der Waals surface area contributed by atoms with E-state index < -0.39 is 59.3 Å². The molecule has 3 fully saturated rings. The third-order valence-corrected chi connectivity index (χ3v) is 12.2. The first-order valence-electron chi connectivity index (χ1n) is 19.8. The van der Waals surface area contributed by atoms with Crippen LogP contribution in [0.25, 0.3) is 21.9 Å². The van der Waals surface area contributed by atoms with Crippen molar-refractivity contribution in [2.24, 2.45) is 13.0 Å². The second-order valence-electron chi connectivity index (χ2n) is 16.7. The highest BCUT2D eigenvalue weighted by Gasteiger charge is 2.48. The van der Waals surface area contributed by atoms with E-state index in [0.29, 0.717) is 29.9 Å². The minimum atomic E-state index is -3.32. The molecule has 1 unspecified atom stereocenters. The Hall–Kier alpha value is -5.86. The number of piperidine rings is 2. The van der Waals surface area contributed by atoms with E-state index in [1.54, 1.807) is 30.9 Å². The molecule has 3 aromatic heterocycles. The van der Waals surface area contributed by atoms with Crippen LogP contribution in [-0.2, 0) is 22.2 Å². The zero-order chi connectivity index (χ0) is 42.0. The van der Waals surface area contributed by atoms with Gasteiger partial charge in [-0.15, -0.1) is 0 Å². The van der Waals surface area contributed by atoms with Gasteiger partial charge in [-0.1, -0.05) is 0 Å². The van der Waals surface area contributed by atoms with Crippen molar-refractivity contribution in [1.82, 2.24) is 34.1 Å². The van der Waals surface area contributed by atoms with Gasteiger partial charge in [-0.05, 0) is 95.2 Å². The van der Waals surface area contributed by atoms with Crippen LogP contribution in [0.1, 0.15) is 104 Å². The number of nitrogens with zero attached hydrogens (tertiary/aromatic N) is 7. The van der Waals surface area contributed by atoms with Gasteiger partial charge < -0.3 is 10.4 Å². The number of aromatic nitrogens is 5. The number of pyridine rings is 1. The van der Waals surface area contributed by atoms with Crippen LogP contribution >= 0.6 is 0 Å². The number of carbonyl (C=O) groups excluding carboxylic acids is 3. The number of benzene rings is 2. The number of rotatable bonds is 8. The lowest BCUT2D eigenvalue weighted by Crippen LogP contribution is -2.49. The molecule has 3 N–H and O–H groups in total. The van der Waals surface area contributed by atoms with Gasteiger partial charge in [-0.3, -0.25) is 43.4 Å². The number of carbonyl (C=O) groups is 3. The van der Waals surface area contributed by atoms with Crippen LogP contribution in [0.2, 0.25) is 0 Å². The van der Waals surface area contributed by atoms with E-state index in [2.05, 4.69) is 15.6 Å². The van der Waals surface area contributed by atoms with Gasteiger partial charge in [-0.25, -0.2) is 18.0 Å². The topological polar surface area (TPSA) is 180 Å². The third kappa shape index (κ3) is 7.51. The predicted octanol–water partition coefficient (Wildman–Crippen LogP) is 5.41. The lowest BCUT2D eigenvalue weighted by molar-refractivity contribution is -0.135. The summed E-state index contributed by atoms with van der Waals surface area (Å²) >= 11 is 0. The largest absolute Gasteiger partial charge is 0.386 e. The van der Waals surface area contributed by atoms with Crippen molar-refractivity contribution in [2.75, 3.05) is 25.0 Å².